The number of halogens is 1. The first kappa shape index (κ1) is 15.2. The number of rotatable bonds is 3. The molecule has 0 fully saturated rings. The fourth-order valence-corrected chi connectivity index (χ4v) is 3.13. The number of hydrogen-bond acceptors (Lipinski definition) is 2. The van der Waals surface area contributed by atoms with E-state index in [0.29, 0.717) is 24.7 Å². The highest BCUT2D eigenvalue weighted by Gasteiger charge is 2.24. The van der Waals surface area contributed by atoms with E-state index < -0.39 is 0 Å². The third kappa shape index (κ3) is 2.91. The zero-order valence-corrected chi connectivity index (χ0v) is 13.5. The van der Waals surface area contributed by atoms with Crippen molar-refractivity contribution in [3.8, 4) is 0 Å². The van der Waals surface area contributed by atoms with Gasteiger partial charge in [-0.15, -0.1) is 0 Å². The Bertz CT molecular complexity index is 698. The van der Waals surface area contributed by atoms with E-state index in [0.717, 1.165) is 17.3 Å². The average Bonchev–Trinajstić information content (AvgIpc) is 2.84. The first-order valence-electron chi connectivity index (χ1n) is 7.42. The van der Waals surface area contributed by atoms with Gasteiger partial charge in [-0.3, -0.25) is 0 Å². The molecule has 2 amide bonds. The van der Waals surface area contributed by atoms with Crippen LogP contribution in [-0.4, -0.2) is 42.2 Å². The summed E-state index contributed by atoms with van der Waals surface area (Å²) in [4.78, 5) is 17.6. The first-order chi connectivity index (χ1) is 10.6. The van der Waals surface area contributed by atoms with Gasteiger partial charge >= 0.3 is 6.03 Å². The van der Waals surface area contributed by atoms with E-state index in [9.17, 15) is 4.79 Å². The maximum Gasteiger partial charge on any atom is 0.317 e. The number of aromatic amines is 1. The Morgan fingerprint density at radius 3 is 3.14 bits per heavy atom. The number of benzene rings is 1. The number of methoxy groups -OCH3 is 1. The molecule has 1 aliphatic heterocycles. The van der Waals surface area contributed by atoms with Crippen LogP contribution in [0.2, 0.25) is 5.02 Å². The van der Waals surface area contributed by atoms with Crippen molar-refractivity contribution in [1.82, 2.24) is 15.2 Å². The number of nitrogens with one attached hydrogen (secondary N) is 2. The van der Waals surface area contributed by atoms with Crippen molar-refractivity contribution in [2.45, 2.75) is 25.9 Å². The zero-order valence-electron chi connectivity index (χ0n) is 12.8. The maximum absolute atomic E-state index is 12.3. The smallest absolute Gasteiger partial charge is 0.317 e. The summed E-state index contributed by atoms with van der Waals surface area (Å²) >= 11 is 6.10. The molecule has 118 valence electrons. The zero-order chi connectivity index (χ0) is 15.7. The van der Waals surface area contributed by atoms with Gasteiger partial charge in [0.05, 0.1) is 12.6 Å². The lowest BCUT2D eigenvalue weighted by molar-refractivity contribution is 0.157. The minimum atomic E-state index is -0.0495. The molecule has 1 atom stereocenters. The van der Waals surface area contributed by atoms with E-state index in [1.807, 2.05) is 30.0 Å². The van der Waals surface area contributed by atoms with E-state index in [1.54, 1.807) is 7.11 Å². The molecule has 0 spiro atoms. The largest absolute Gasteiger partial charge is 0.383 e. The molecule has 3 rings (SSSR count). The number of aromatic nitrogens is 1. The number of H-pyrrole nitrogens is 1. The van der Waals surface area contributed by atoms with Gasteiger partial charge < -0.3 is 19.9 Å². The summed E-state index contributed by atoms with van der Waals surface area (Å²) in [5.41, 5.74) is 3.44. The molecule has 2 aromatic rings. The topological polar surface area (TPSA) is 57.4 Å². The second-order valence-corrected chi connectivity index (χ2v) is 6.19. The summed E-state index contributed by atoms with van der Waals surface area (Å²) in [5, 5.41) is 4.77. The Kier molecular flexibility index (Phi) is 4.27. The monoisotopic (exact) mass is 321 g/mol. The fourth-order valence-electron chi connectivity index (χ4n) is 2.95. The summed E-state index contributed by atoms with van der Waals surface area (Å²) in [6, 6.07) is 5.77. The maximum atomic E-state index is 12.3. The first-order valence-corrected chi connectivity index (χ1v) is 7.79. The van der Waals surface area contributed by atoms with Gasteiger partial charge in [-0.1, -0.05) is 11.6 Å². The molecule has 5 nitrogen and oxygen atoms in total. The van der Waals surface area contributed by atoms with E-state index in [2.05, 4.69) is 10.3 Å². The molecule has 2 N–H and O–H groups in total. The summed E-state index contributed by atoms with van der Waals surface area (Å²) in [7, 11) is 1.63. The van der Waals surface area contributed by atoms with Gasteiger partial charge in [0, 0.05) is 53.8 Å². The van der Waals surface area contributed by atoms with Gasteiger partial charge in [-0.05, 0) is 25.1 Å². The van der Waals surface area contributed by atoms with Crippen LogP contribution in [0.25, 0.3) is 10.9 Å². The fraction of sp³-hybridized carbons (Fsp3) is 0.438. The summed E-state index contributed by atoms with van der Waals surface area (Å²) in [5.74, 6) is 0. The highest BCUT2D eigenvalue weighted by molar-refractivity contribution is 6.31. The minimum Gasteiger partial charge on any atom is -0.383 e. The lowest BCUT2D eigenvalue weighted by atomic mass is 10.0. The minimum absolute atomic E-state index is 0.00342. The van der Waals surface area contributed by atoms with Crippen LogP contribution >= 0.6 is 11.6 Å². The third-order valence-corrected chi connectivity index (χ3v) is 4.25. The Hall–Kier alpha value is -1.72. The molecule has 0 radical (unpaired) electrons. The van der Waals surface area contributed by atoms with Crippen LogP contribution in [0.3, 0.4) is 0 Å². The number of ether oxygens (including phenoxy) is 1. The molecule has 0 saturated heterocycles. The number of nitrogens with zero attached hydrogens (tertiary/aromatic N) is 1. The standard InChI is InChI=1S/C16H20ClN3O2/c1-10(9-22-2)18-16(21)20-6-5-15-13(8-20)12-7-11(17)3-4-14(12)19-15/h3-4,7,10,19H,5-6,8-9H2,1-2H3,(H,18,21). The van der Waals surface area contributed by atoms with Gasteiger partial charge in [0.25, 0.3) is 0 Å². The van der Waals surface area contributed by atoms with Crippen molar-refractivity contribution < 1.29 is 9.53 Å². The number of fused-ring (bicyclic) bond motifs is 3. The molecule has 1 aliphatic rings. The van der Waals surface area contributed by atoms with Crippen molar-refractivity contribution in [3.63, 3.8) is 0 Å². The lowest BCUT2D eigenvalue weighted by Gasteiger charge is -2.28. The Balaban J connectivity index is 1.79. The lowest BCUT2D eigenvalue weighted by Crippen LogP contribution is -2.46. The number of urea groups is 1. The van der Waals surface area contributed by atoms with Crippen molar-refractivity contribution in [3.05, 3.63) is 34.5 Å². The van der Waals surface area contributed by atoms with Gasteiger partial charge in [0.2, 0.25) is 0 Å². The molecule has 2 heterocycles. The molecule has 22 heavy (non-hydrogen) atoms. The number of carbonyl (C=O) groups excluding carboxylic acids is 1. The second-order valence-electron chi connectivity index (χ2n) is 5.75. The highest BCUT2D eigenvalue weighted by atomic mass is 35.5. The normalized spacial score (nSPS) is 15.7. The van der Waals surface area contributed by atoms with Crippen LogP contribution in [0.15, 0.2) is 18.2 Å². The van der Waals surface area contributed by atoms with Gasteiger partial charge in [0.15, 0.2) is 0 Å². The molecular weight excluding hydrogens is 302 g/mol. The molecule has 6 heteroatoms. The van der Waals surface area contributed by atoms with Crippen LogP contribution in [-0.2, 0) is 17.7 Å². The quantitative estimate of drug-likeness (QED) is 0.913. The molecular formula is C16H20ClN3O2. The Morgan fingerprint density at radius 1 is 1.55 bits per heavy atom. The van der Waals surface area contributed by atoms with Crippen LogP contribution in [0.4, 0.5) is 4.79 Å². The molecule has 1 aromatic carbocycles. The number of amides is 2. The van der Waals surface area contributed by atoms with Crippen molar-refractivity contribution in [1.29, 1.82) is 0 Å². The summed E-state index contributed by atoms with van der Waals surface area (Å²) in [6.45, 7) is 3.75. The molecule has 0 saturated carbocycles. The Morgan fingerprint density at radius 2 is 2.36 bits per heavy atom. The van der Waals surface area contributed by atoms with Crippen LogP contribution in [0.1, 0.15) is 18.2 Å². The Labute approximate surface area is 134 Å². The van der Waals surface area contributed by atoms with E-state index in [4.69, 9.17) is 16.3 Å². The van der Waals surface area contributed by atoms with Gasteiger partial charge in [-0.2, -0.15) is 0 Å². The van der Waals surface area contributed by atoms with E-state index in [-0.39, 0.29) is 12.1 Å². The van der Waals surface area contributed by atoms with Crippen molar-refractivity contribution >= 4 is 28.5 Å². The van der Waals surface area contributed by atoms with E-state index in [1.165, 1.54) is 11.3 Å². The van der Waals surface area contributed by atoms with Crippen LogP contribution < -0.4 is 5.32 Å². The number of hydrogen-bond donors (Lipinski definition) is 2. The molecule has 1 aromatic heterocycles. The molecule has 1 unspecified atom stereocenters. The summed E-state index contributed by atoms with van der Waals surface area (Å²) in [6.07, 6.45) is 0.827. The third-order valence-electron chi connectivity index (χ3n) is 4.01. The van der Waals surface area contributed by atoms with Crippen LogP contribution in [0, 0.1) is 0 Å². The second kappa shape index (κ2) is 6.18. The van der Waals surface area contributed by atoms with Gasteiger partial charge in [0.1, 0.15) is 0 Å². The van der Waals surface area contributed by atoms with Crippen molar-refractivity contribution in [2.24, 2.45) is 0 Å². The SMILES string of the molecule is COCC(C)NC(=O)N1CCc2[nH]c3ccc(Cl)cc3c2C1. The predicted molar refractivity (Wildman–Crippen MR) is 87.3 cm³/mol. The summed E-state index contributed by atoms with van der Waals surface area (Å²) < 4.78 is 5.05. The molecule has 0 bridgehead atoms. The molecule has 0 aliphatic carbocycles. The average molecular weight is 322 g/mol. The predicted octanol–water partition coefficient (Wildman–Crippen LogP) is 2.92. The van der Waals surface area contributed by atoms with E-state index >= 15 is 0 Å². The highest BCUT2D eigenvalue weighted by Crippen LogP contribution is 2.29. The number of carbonyl (C=O) groups is 1. The van der Waals surface area contributed by atoms with Crippen molar-refractivity contribution in [2.75, 3.05) is 20.3 Å². The van der Waals surface area contributed by atoms with Gasteiger partial charge in [-0.25, -0.2) is 4.79 Å². The van der Waals surface area contributed by atoms with Crippen LogP contribution in [0.5, 0.6) is 0 Å².